The first-order valence-corrected chi connectivity index (χ1v) is 9.00. The quantitative estimate of drug-likeness (QED) is 0.857. The Kier molecular flexibility index (Phi) is 5.38. The summed E-state index contributed by atoms with van der Waals surface area (Å²) in [6.45, 7) is 4.75. The predicted molar refractivity (Wildman–Crippen MR) is 103 cm³/mol. The lowest BCUT2D eigenvalue weighted by molar-refractivity contribution is -0.129. The Hall–Kier alpha value is -2.34. The Morgan fingerprint density at radius 2 is 1.68 bits per heavy atom. The Balaban J connectivity index is 1.61. The molecule has 2 aromatic rings. The second-order valence-electron chi connectivity index (χ2n) is 6.00. The number of anilines is 2. The molecule has 0 unspecified atom stereocenters. The summed E-state index contributed by atoms with van der Waals surface area (Å²) in [5.41, 5.74) is 2.47. The molecule has 5 nitrogen and oxygen atoms in total. The van der Waals surface area contributed by atoms with Crippen LogP contribution in [0.25, 0.3) is 0 Å². The van der Waals surface area contributed by atoms with Crippen LogP contribution in [0.1, 0.15) is 17.3 Å². The van der Waals surface area contributed by atoms with Crippen LogP contribution in [0.3, 0.4) is 0 Å². The van der Waals surface area contributed by atoms with Gasteiger partial charge >= 0.3 is 0 Å². The third kappa shape index (κ3) is 4.39. The van der Waals surface area contributed by atoms with E-state index in [1.54, 1.807) is 19.1 Å². The second-order valence-corrected chi connectivity index (χ2v) is 6.92. The van der Waals surface area contributed by atoms with Gasteiger partial charge in [0, 0.05) is 54.5 Å². The van der Waals surface area contributed by atoms with E-state index in [9.17, 15) is 9.59 Å². The zero-order chi connectivity index (χ0) is 17.8. The van der Waals surface area contributed by atoms with Crippen molar-refractivity contribution >= 4 is 39.1 Å². The number of carbonyl (C=O) groups is 2. The highest BCUT2D eigenvalue weighted by molar-refractivity contribution is 9.10. The van der Waals surface area contributed by atoms with E-state index in [4.69, 9.17) is 0 Å². The van der Waals surface area contributed by atoms with Crippen LogP contribution >= 0.6 is 15.9 Å². The van der Waals surface area contributed by atoms with Crippen LogP contribution in [-0.2, 0) is 4.79 Å². The summed E-state index contributed by atoms with van der Waals surface area (Å²) >= 11 is 3.37. The number of amides is 2. The Morgan fingerprint density at radius 1 is 1.00 bits per heavy atom. The molecule has 1 N–H and O–H groups in total. The summed E-state index contributed by atoms with van der Waals surface area (Å²) < 4.78 is 0.875. The summed E-state index contributed by atoms with van der Waals surface area (Å²) in [6.07, 6.45) is 0. The molecule has 0 radical (unpaired) electrons. The van der Waals surface area contributed by atoms with Crippen LogP contribution < -0.4 is 10.2 Å². The molecule has 0 atom stereocenters. The van der Waals surface area contributed by atoms with E-state index >= 15 is 0 Å². The Morgan fingerprint density at radius 3 is 2.28 bits per heavy atom. The fraction of sp³-hybridized carbons (Fsp3) is 0.263. The van der Waals surface area contributed by atoms with Crippen molar-refractivity contribution in [1.82, 2.24) is 4.90 Å². The van der Waals surface area contributed by atoms with Crippen molar-refractivity contribution in [2.45, 2.75) is 6.92 Å². The lowest BCUT2D eigenvalue weighted by Crippen LogP contribution is -2.48. The van der Waals surface area contributed by atoms with E-state index in [-0.39, 0.29) is 11.8 Å². The van der Waals surface area contributed by atoms with Crippen molar-refractivity contribution in [3.8, 4) is 0 Å². The van der Waals surface area contributed by atoms with Crippen molar-refractivity contribution in [3.05, 3.63) is 58.6 Å². The SMILES string of the molecule is CC(=O)N1CCN(c2ccc(NC(=O)c3cccc(Br)c3)cc2)CC1. The van der Waals surface area contributed by atoms with Crippen molar-refractivity contribution in [1.29, 1.82) is 0 Å². The maximum Gasteiger partial charge on any atom is 0.255 e. The van der Waals surface area contributed by atoms with Crippen molar-refractivity contribution in [2.75, 3.05) is 36.4 Å². The van der Waals surface area contributed by atoms with E-state index in [0.717, 1.165) is 42.0 Å². The van der Waals surface area contributed by atoms with E-state index in [0.29, 0.717) is 5.56 Å². The summed E-state index contributed by atoms with van der Waals surface area (Å²) in [4.78, 5) is 27.8. The summed E-state index contributed by atoms with van der Waals surface area (Å²) in [5, 5.41) is 2.91. The van der Waals surface area contributed by atoms with Crippen LogP contribution in [0.4, 0.5) is 11.4 Å². The molecule has 0 bridgehead atoms. The number of benzene rings is 2. The molecule has 1 saturated heterocycles. The zero-order valence-corrected chi connectivity index (χ0v) is 15.6. The summed E-state index contributed by atoms with van der Waals surface area (Å²) in [5.74, 6) is -0.00520. The minimum absolute atomic E-state index is 0.130. The van der Waals surface area contributed by atoms with Crippen LogP contribution in [-0.4, -0.2) is 42.9 Å². The molecule has 2 amide bonds. The van der Waals surface area contributed by atoms with Gasteiger partial charge in [-0.15, -0.1) is 0 Å². The van der Waals surface area contributed by atoms with Gasteiger partial charge in [0.2, 0.25) is 5.91 Å². The van der Waals surface area contributed by atoms with Gasteiger partial charge in [-0.3, -0.25) is 9.59 Å². The van der Waals surface area contributed by atoms with Gasteiger partial charge in [0.1, 0.15) is 0 Å². The van der Waals surface area contributed by atoms with Crippen LogP contribution in [0.15, 0.2) is 53.0 Å². The Labute approximate surface area is 155 Å². The molecule has 1 aliphatic heterocycles. The zero-order valence-electron chi connectivity index (χ0n) is 14.0. The van der Waals surface area contributed by atoms with Crippen molar-refractivity contribution < 1.29 is 9.59 Å². The third-order valence-corrected chi connectivity index (χ3v) is 4.80. The number of rotatable bonds is 3. The summed E-state index contributed by atoms with van der Waals surface area (Å²) in [6, 6.07) is 15.1. The fourth-order valence-corrected chi connectivity index (χ4v) is 3.27. The average Bonchev–Trinajstić information content (AvgIpc) is 2.62. The summed E-state index contributed by atoms with van der Waals surface area (Å²) in [7, 11) is 0. The fourth-order valence-electron chi connectivity index (χ4n) is 2.87. The number of halogens is 1. The first kappa shape index (κ1) is 17.5. The molecule has 0 saturated carbocycles. The number of piperazine rings is 1. The molecule has 0 aliphatic carbocycles. The first-order valence-electron chi connectivity index (χ1n) is 8.20. The van der Waals surface area contributed by atoms with Crippen LogP contribution in [0.2, 0.25) is 0 Å². The molecule has 1 fully saturated rings. The molecule has 0 aromatic heterocycles. The average molecular weight is 402 g/mol. The van der Waals surface area contributed by atoms with E-state index in [2.05, 4.69) is 26.1 Å². The third-order valence-electron chi connectivity index (χ3n) is 4.30. The highest BCUT2D eigenvalue weighted by Crippen LogP contribution is 2.20. The van der Waals surface area contributed by atoms with E-state index in [1.165, 1.54) is 0 Å². The molecule has 130 valence electrons. The molecule has 1 heterocycles. The van der Waals surface area contributed by atoms with Gasteiger partial charge in [-0.05, 0) is 42.5 Å². The van der Waals surface area contributed by atoms with Gasteiger partial charge in [0.05, 0.1) is 0 Å². The molecule has 1 aliphatic rings. The molecule has 3 rings (SSSR count). The van der Waals surface area contributed by atoms with Gasteiger partial charge < -0.3 is 15.1 Å². The van der Waals surface area contributed by atoms with Gasteiger partial charge in [0.25, 0.3) is 5.91 Å². The van der Waals surface area contributed by atoms with Gasteiger partial charge in [-0.1, -0.05) is 22.0 Å². The smallest absolute Gasteiger partial charge is 0.255 e. The number of hydrogen-bond acceptors (Lipinski definition) is 3. The second kappa shape index (κ2) is 7.70. The lowest BCUT2D eigenvalue weighted by Gasteiger charge is -2.35. The van der Waals surface area contributed by atoms with Gasteiger partial charge in [0.15, 0.2) is 0 Å². The molecule has 2 aromatic carbocycles. The van der Waals surface area contributed by atoms with Crippen LogP contribution in [0, 0.1) is 0 Å². The molecule has 0 spiro atoms. The highest BCUT2D eigenvalue weighted by atomic mass is 79.9. The number of carbonyl (C=O) groups excluding carboxylic acids is 2. The topological polar surface area (TPSA) is 52.7 Å². The highest BCUT2D eigenvalue weighted by Gasteiger charge is 2.18. The maximum atomic E-state index is 12.3. The van der Waals surface area contributed by atoms with Crippen molar-refractivity contribution in [2.24, 2.45) is 0 Å². The van der Waals surface area contributed by atoms with Crippen LogP contribution in [0.5, 0.6) is 0 Å². The predicted octanol–water partition coefficient (Wildman–Crippen LogP) is 3.37. The van der Waals surface area contributed by atoms with E-state index < -0.39 is 0 Å². The monoisotopic (exact) mass is 401 g/mol. The molecular weight excluding hydrogens is 382 g/mol. The number of hydrogen-bond donors (Lipinski definition) is 1. The number of nitrogens with one attached hydrogen (secondary N) is 1. The van der Waals surface area contributed by atoms with Crippen molar-refractivity contribution in [3.63, 3.8) is 0 Å². The van der Waals surface area contributed by atoms with Gasteiger partial charge in [-0.25, -0.2) is 0 Å². The molecular formula is C19H20BrN3O2. The maximum absolute atomic E-state index is 12.3. The Bertz CT molecular complexity index is 768. The standard InChI is InChI=1S/C19H20BrN3O2/c1-14(24)22-9-11-23(12-10-22)18-7-5-17(6-8-18)21-19(25)15-3-2-4-16(20)13-15/h2-8,13H,9-12H2,1H3,(H,21,25). The minimum Gasteiger partial charge on any atom is -0.368 e. The normalized spacial score (nSPS) is 14.3. The lowest BCUT2D eigenvalue weighted by atomic mass is 10.2. The largest absolute Gasteiger partial charge is 0.368 e. The van der Waals surface area contributed by atoms with Gasteiger partial charge in [-0.2, -0.15) is 0 Å². The first-order chi connectivity index (χ1) is 12.0. The molecule has 25 heavy (non-hydrogen) atoms. The number of nitrogens with zero attached hydrogens (tertiary/aromatic N) is 2. The van der Waals surface area contributed by atoms with E-state index in [1.807, 2.05) is 41.3 Å². The minimum atomic E-state index is -0.135. The molecule has 6 heteroatoms.